The first-order valence-electron chi connectivity index (χ1n) is 20.9. The van der Waals surface area contributed by atoms with Gasteiger partial charge >= 0.3 is 0 Å². The number of hydrogen-bond acceptors (Lipinski definition) is 13. The summed E-state index contributed by atoms with van der Waals surface area (Å²) < 4.78 is 24.4. The molecule has 0 unspecified atom stereocenters. The maximum absolute atomic E-state index is 12.2. The molecule has 6 fully saturated rings. The highest BCUT2D eigenvalue weighted by molar-refractivity contribution is 5.20. The lowest BCUT2D eigenvalue weighted by Crippen LogP contribution is -2.68. The number of allylic oxidation sites excluding steroid dienone is 2. The topological polar surface area (TPSA) is 219 Å². The van der Waals surface area contributed by atoms with Crippen LogP contribution in [-0.2, 0) is 18.9 Å². The van der Waals surface area contributed by atoms with Gasteiger partial charge < -0.3 is 64.9 Å². The molecule has 55 heavy (non-hydrogen) atoms. The van der Waals surface area contributed by atoms with E-state index in [0.29, 0.717) is 19.3 Å². The molecule has 0 bridgehead atoms. The Balaban J connectivity index is 1.23. The molecule has 13 heteroatoms. The fraction of sp³-hybridized carbons (Fsp3) is 0.952. The van der Waals surface area contributed by atoms with Crippen LogP contribution in [0.2, 0.25) is 0 Å². The third-order valence-corrected chi connectivity index (χ3v) is 16.6. The zero-order valence-electron chi connectivity index (χ0n) is 34.3. The average Bonchev–Trinajstić information content (AvgIpc) is 3.50. The first-order valence-corrected chi connectivity index (χ1v) is 20.9. The molecule has 6 aliphatic rings. The van der Waals surface area contributed by atoms with Crippen molar-refractivity contribution in [2.45, 2.75) is 192 Å². The smallest absolute Gasteiger partial charge is 0.187 e. The quantitative estimate of drug-likeness (QED) is 0.115. The molecule has 6 rings (SSSR count). The van der Waals surface area contributed by atoms with Crippen LogP contribution in [-0.4, -0.2) is 138 Å². The second kappa shape index (κ2) is 15.7. The van der Waals surface area contributed by atoms with Gasteiger partial charge in [-0.15, -0.1) is 0 Å². The maximum Gasteiger partial charge on any atom is 0.187 e. The van der Waals surface area contributed by atoms with Crippen LogP contribution in [0.4, 0.5) is 0 Å². The normalized spacial score (nSPS) is 52.0. The first kappa shape index (κ1) is 43.8. The highest BCUT2D eigenvalue weighted by atomic mass is 16.8. The third kappa shape index (κ3) is 7.20. The van der Waals surface area contributed by atoms with Crippen LogP contribution in [0.1, 0.15) is 113 Å². The van der Waals surface area contributed by atoms with Crippen molar-refractivity contribution in [1.82, 2.24) is 0 Å². The van der Waals surface area contributed by atoms with Gasteiger partial charge in [-0.2, -0.15) is 0 Å². The number of aliphatic hydroxyl groups excluding tert-OH is 8. The molecule has 0 aromatic heterocycles. The van der Waals surface area contributed by atoms with Crippen LogP contribution < -0.4 is 0 Å². The van der Waals surface area contributed by atoms with E-state index < -0.39 is 97.8 Å². The fourth-order valence-corrected chi connectivity index (χ4v) is 13.3. The van der Waals surface area contributed by atoms with E-state index >= 15 is 0 Å². The van der Waals surface area contributed by atoms with Crippen molar-refractivity contribution >= 4 is 0 Å². The molecule has 0 aromatic rings. The summed E-state index contributed by atoms with van der Waals surface area (Å²) in [5.41, 5.74) is -0.405. The monoisotopic (exact) mass is 784 g/mol. The highest BCUT2D eigenvalue weighted by Gasteiger charge is 2.71. The van der Waals surface area contributed by atoms with Crippen molar-refractivity contribution in [2.24, 2.45) is 45.3 Å². The van der Waals surface area contributed by atoms with Crippen molar-refractivity contribution in [3.8, 4) is 0 Å². The Labute approximate surface area is 327 Å². The van der Waals surface area contributed by atoms with E-state index in [1.165, 1.54) is 5.57 Å². The van der Waals surface area contributed by atoms with Crippen molar-refractivity contribution in [1.29, 1.82) is 0 Å². The van der Waals surface area contributed by atoms with Gasteiger partial charge in [0.2, 0.25) is 0 Å². The van der Waals surface area contributed by atoms with Crippen LogP contribution in [0.5, 0.6) is 0 Å². The van der Waals surface area contributed by atoms with Gasteiger partial charge in [-0.05, 0) is 124 Å². The van der Waals surface area contributed by atoms with Gasteiger partial charge in [0.1, 0.15) is 48.8 Å². The minimum atomic E-state index is -1.75. The summed E-state index contributed by atoms with van der Waals surface area (Å²) in [4.78, 5) is 0. The van der Waals surface area contributed by atoms with Gasteiger partial charge in [0.15, 0.2) is 12.6 Å². The van der Waals surface area contributed by atoms with Crippen molar-refractivity contribution in [3.05, 3.63) is 11.6 Å². The Morgan fingerprint density at radius 3 is 1.95 bits per heavy atom. The molecule has 4 aliphatic carbocycles. The van der Waals surface area contributed by atoms with E-state index in [1.807, 2.05) is 6.92 Å². The van der Waals surface area contributed by atoms with Crippen LogP contribution in [0.3, 0.4) is 0 Å². The predicted octanol–water partition coefficient (Wildman–Crippen LogP) is 2.15. The number of ether oxygens (including phenoxy) is 4. The van der Waals surface area contributed by atoms with Crippen LogP contribution in [0.25, 0.3) is 0 Å². The fourth-order valence-electron chi connectivity index (χ4n) is 13.3. The molecule has 2 aliphatic heterocycles. The molecule has 9 N–H and O–H groups in total. The van der Waals surface area contributed by atoms with Crippen LogP contribution >= 0.6 is 0 Å². The van der Waals surface area contributed by atoms with Gasteiger partial charge in [0.25, 0.3) is 0 Å². The molecule has 318 valence electrons. The van der Waals surface area contributed by atoms with Gasteiger partial charge in [-0.3, -0.25) is 0 Å². The Hall–Kier alpha value is -0.780. The average molecular weight is 785 g/mol. The van der Waals surface area contributed by atoms with E-state index in [2.05, 4.69) is 54.5 Å². The standard InChI is InChI=1S/C42H72O13/c1-21(2)10-9-14-42(8,51)22-11-16-41(7)29(22)23(45)18-27-39(5)15-13-28(38(3,4)26(39)12-17-40(27,41)6)54-37-35(33(49)31(47)25(20-44)53-37)55-36-34(50)32(48)30(46)24(19-43)52-36/h10,22-37,43-51H,9,11-20H2,1-8H3/t22-,23+,24-,25-,26-,27+,28-,29+,30-,31-,32+,33+,34-,35-,36+,37+,39+,40+,41+,42+/m1/s1. The lowest BCUT2D eigenvalue weighted by molar-refractivity contribution is -0.378. The van der Waals surface area contributed by atoms with E-state index in [9.17, 15) is 46.0 Å². The molecule has 0 amide bonds. The van der Waals surface area contributed by atoms with Gasteiger partial charge in [0.05, 0.1) is 31.0 Å². The Morgan fingerprint density at radius 2 is 1.33 bits per heavy atom. The summed E-state index contributed by atoms with van der Waals surface area (Å²) >= 11 is 0. The number of hydrogen-bond donors (Lipinski definition) is 9. The summed E-state index contributed by atoms with van der Waals surface area (Å²) in [5, 5.41) is 97.4. The van der Waals surface area contributed by atoms with E-state index in [1.54, 1.807) is 0 Å². The molecule has 0 aromatic carbocycles. The van der Waals surface area contributed by atoms with Crippen LogP contribution in [0.15, 0.2) is 11.6 Å². The Kier molecular flexibility index (Phi) is 12.5. The minimum Gasteiger partial charge on any atom is -0.394 e. The summed E-state index contributed by atoms with van der Waals surface area (Å²) in [6.45, 7) is 16.5. The van der Waals surface area contributed by atoms with Crippen LogP contribution in [0, 0.1) is 45.3 Å². The Bertz CT molecular complexity index is 1370. The summed E-state index contributed by atoms with van der Waals surface area (Å²) in [5.74, 6) is 0.445. The largest absolute Gasteiger partial charge is 0.394 e. The number of rotatable bonds is 10. The molecule has 4 saturated carbocycles. The van der Waals surface area contributed by atoms with Gasteiger partial charge in [-0.1, -0.05) is 46.3 Å². The maximum atomic E-state index is 12.2. The van der Waals surface area contributed by atoms with E-state index in [4.69, 9.17) is 18.9 Å². The van der Waals surface area contributed by atoms with Crippen molar-refractivity contribution in [2.75, 3.05) is 13.2 Å². The highest BCUT2D eigenvalue weighted by Crippen LogP contribution is 2.76. The molecule has 0 radical (unpaired) electrons. The predicted molar refractivity (Wildman–Crippen MR) is 201 cm³/mol. The van der Waals surface area contributed by atoms with Crippen molar-refractivity contribution in [3.63, 3.8) is 0 Å². The van der Waals surface area contributed by atoms with E-state index in [0.717, 1.165) is 38.5 Å². The first-order chi connectivity index (χ1) is 25.6. The van der Waals surface area contributed by atoms with Gasteiger partial charge in [0, 0.05) is 0 Å². The summed E-state index contributed by atoms with van der Waals surface area (Å²) in [6.07, 6.45) is -6.48. The lowest BCUT2D eigenvalue weighted by atomic mass is 9.35. The number of fused-ring (bicyclic) bond motifs is 5. The molecular formula is C42H72O13. The molecule has 2 saturated heterocycles. The second-order valence-electron chi connectivity index (χ2n) is 20.1. The summed E-state index contributed by atoms with van der Waals surface area (Å²) in [7, 11) is 0. The Morgan fingerprint density at radius 1 is 0.727 bits per heavy atom. The van der Waals surface area contributed by atoms with Crippen molar-refractivity contribution < 1.29 is 64.9 Å². The molecule has 13 nitrogen and oxygen atoms in total. The minimum absolute atomic E-state index is 0.00798. The third-order valence-electron chi connectivity index (χ3n) is 16.6. The molecule has 2 heterocycles. The zero-order valence-corrected chi connectivity index (χ0v) is 34.3. The van der Waals surface area contributed by atoms with E-state index in [-0.39, 0.29) is 39.9 Å². The molecular weight excluding hydrogens is 712 g/mol. The number of aliphatic hydroxyl groups is 9. The lowest BCUT2D eigenvalue weighted by Gasteiger charge is -2.70. The molecule has 0 spiro atoms. The molecule has 20 atom stereocenters. The zero-order chi connectivity index (χ0) is 40.6. The van der Waals surface area contributed by atoms with Gasteiger partial charge in [-0.25, -0.2) is 0 Å². The summed E-state index contributed by atoms with van der Waals surface area (Å²) in [6, 6.07) is 0. The SMILES string of the molecule is CC(C)=CCC[C@](C)(O)[C@@H]1CC[C@@]2(C)[C@@H]1[C@@H](O)C[C@H]1[C@@]3(C)CC[C@@H](O[C@@H]4O[C@H](CO)[C@@H](O)[C@H](O)[C@H]4O[C@@H]4O[C@H](CO)[C@@H](O)[C@H](O)[C@H]4O)C(C)(C)[C@H]3CC[C@@]12C. The second-order valence-corrected chi connectivity index (χ2v) is 20.1.